The van der Waals surface area contributed by atoms with Crippen molar-refractivity contribution in [2.75, 3.05) is 0 Å². The van der Waals surface area contributed by atoms with Crippen LogP contribution in [0.25, 0.3) is 0 Å². The quantitative estimate of drug-likeness (QED) is 0.433. The van der Waals surface area contributed by atoms with E-state index in [1.54, 1.807) is 0 Å². The number of nitrogens with zero attached hydrogens (tertiary/aromatic N) is 1. The summed E-state index contributed by atoms with van der Waals surface area (Å²) < 4.78 is 0. The summed E-state index contributed by atoms with van der Waals surface area (Å²) in [5.74, 6) is 0.614. The first-order valence-corrected chi connectivity index (χ1v) is 4.45. The van der Waals surface area contributed by atoms with Crippen LogP contribution in [0.2, 0.25) is 5.82 Å². The minimum atomic E-state index is 0.477. The molecule has 63 valence electrons. The average Bonchev–Trinajstić information content (AvgIpc) is 1.85. The Labute approximate surface area is 71.5 Å². The summed E-state index contributed by atoms with van der Waals surface area (Å²) in [6.45, 7) is 10.7. The van der Waals surface area contributed by atoms with E-state index in [0.29, 0.717) is 11.9 Å². The van der Waals surface area contributed by atoms with Crippen molar-refractivity contribution in [3.05, 3.63) is 0 Å². The van der Waals surface area contributed by atoms with Crippen molar-refractivity contribution in [1.29, 1.82) is 0 Å². The largest absolute Gasteiger partial charge is 0.302 e. The maximum atomic E-state index is 4.50. The summed E-state index contributed by atoms with van der Waals surface area (Å²) in [4.78, 5) is 4.50. The predicted molar refractivity (Wildman–Crippen MR) is 53.7 cm³/mol. The molecule has 0 aromatic carbocycles. The van der Waals surface area contributed by atoms with Gasteiger partial charge in [-0.2, -0.15) is 0 Å². The Balaban J connectivity index is 3.79. The molecule has 0 bridgehead atoms. The molecular weight excluding hydrogens is 133 g/mol. The van der Waals surface area contributed by atoms with E-state index in [9.17, 15) is 0 Å². The van der Waals surface area contributed by atoms with E-state index in [0.717, 1.165) is 6.42 Å². The molecule has 2 heteroatoms. The molecule has 0 fully saturated rings. The van der Waals surface area contributed by atoms with Crippen LogP contribution in [-0.4, -0.2) is 18.9 Å². The Morgan fingerprint density at radius 1 is 1.36 bits per heavy atom. The fourth-order valence-corrected chi connectivity index (χ4v) is 0.964. The van der Waals surface area contributed by atoms with Gasteiger partial charge in [0.1, 0.15) is 0 Å². The van der Waals surface area contributed by atoms with Crippen molar-refractivity contribution in [3.8, 4) is 0 Å². The van der Waals surface area contributed by atoms with Crippen LogP contribution in [0.5, 0.6) is 0 Å². The smallest absolute Gasteiger partial charge is 0.173 e. The standard InChI is InChI=1S/C9H19BN/c1-6-8(4)11-9(5)10-7(2)3/h7-8H,6H2,1-5H3. The first kappa shape index (κ1) is 10.7. The maximum absolute atomic E-state index is 4.50. The Bertz CT molecular complexity index is 130. The molecule has 0 aromatic rings. The van der Waals surface area contributed by atoms with Crippen LogP contribution in [0.15, 0.2) is 4.99 Å². The van der Waals surface area contributed by atoms with Gasteiger partial charge in [0.2, 0.25) is 0 Å². The van der Waals surface area contributed by atoms with E-state index >= 15 is 0 Å². The summed E-state index contributed by atoms with van der Waals surface area (Å²) in [6, 6.07) is 0.477. The van der Waals surface area contributed by atoms with E-state index in [2.05, 4.69) is 46.9 Å². The van der Waals surface area contributed by atoms with Gasteiger partial charge in [0.25, 0.3) is 0 Å². The van der Waals surface area contributed by atoms with E-state index in [-0.39, 0.29) is 0 Å². The average molecular weight is 152 g/mol. The topological polar surface area (TPSA) is 12.4 Å². The second kappa shape index (κ2) is 5.39. The molecule has 1 nitrogen and oxygen atoms in total. The third-order valence-electron chi connectivity index (χ3n) is 1.59. The van der Waals surface area contributed by atoms with Crippen molar-refractivity contribution in [1.82, 2.24) is 0 Å². The first-order chi connectivity index (χ1) is 5.06. The number of aliphatic imine (C=N–C) groups is 1. The summed E-state index contributed by atoms with van der Waals surface area (Å²) in [7, 11) is 2.20. The van der Waals surface area contributed by atoms with E-state index in [1.165, 1.54) is 5.61 Å². The van der Waals surface area contributed by atoms with Crippen LogP contribution in [-0.2, 0) is 0 Å². The molecule has 0 saturated heterocycles. The van der Waals surface area contributed by atoms with Crippen molar-refractivity contribution < 1.29 is 0 Å². The molecule has 0 N–H and O–H groups in total. The maximum Gasteiger partial charge on any atom is 0.173 e. The fourth-order valence-electron chi connectivity index (χ4n) is 0.964. The van der Waals surface area contributed by atoms with Crippen LogP contribution in [0, 0.1) is 0 Å². The molecule has 0 saturated carbocycles. The lowest BCUT2D eigenvalue weighted by atomic mass is 9.62. The van der Waals surface area contributed by atoms with E-state index < -0.39 is 0 Å². The molecule has 0 heterocycles. The number of rotatable bonds is 4. The SMILES string of the molecule is CCC(C)N=C(C)[B]C(C)C. The van der Waals surface area contributed by atoms with Gasteiger partial charge in [-0.15, -0.1) is 0 Å². The molecule has 0 aliphatic carbocycles. The molecule has 11 heavy (non-hydrogen) atoms. The lowest BCUT2D eigenvalue weighted by Crippen LogP contribution is -2.11. The minimum Gasteiger partial charge on any atom is -0.302 e. The second-order valence-corrected chi connectivity index (χ2v) is 3.44. The molecule has 0 aromatic heterocycles. The number of hydrogen-bond acceptors (Lipinski definition) is 1. The van der Waals surface area contributed by atoms with Crippen LogP contribution in [0.1, 0.15) is 41.0 Å². The van der Waals surface area contributed by atoms with Crippen molar-refractivity contribution in [2.24, 2.45) is 4.99 Å². The van der Waals surface area contributed by atoms with Gasteiger partial charge in [-0.25, -0.2) is 0 Å². The fraction of sp³-hybridized carbons (Fsp3) is 0.889. The lowest BCUT2D eigenvalue weighted by molar-refractivity contribution is 0.718. The lowest BCUT2D eigenvalue weighted by Gasteiger charge is -2.06. The van der Waals surface area contributed by atoms with E-state index in [4.69, 9.17) is 0 Å². The summed E-state index contributed by atoms with van der Waals surface area (Å²) in [5.41, 5.74) is 1.18. The third kappa shape index (κ3) is 6.15. The van der Waals surface area contributed by atoms with E-state index in [1.807, 2.05) is 0 Å². The van der Waals surface area contributed by atoms with Crippen LogP contribution in [0.3, 0.4) is 0 Å². The predicted octanol–water partition coefficient (Wildman–Crippen LogP) is 2.74. The van der Waals surface area contributed by atoms with Crippen molar-refractivity contribution in [2.45, 2.75) is 52.9 Å². The van der Waals surface area contributed by atoms with Gasteiger partial charge in [-0.1, -0.05) is 26.6 Å². The molecule has 0 aliphatic rings. The molecule has 1 radical (unpaired) electrons. The highest BCUT2D eigenvalue weighted by atomic mass is 14.8. The highest BCUT2D eigenvalue weighted by molar-refractivity contribution is 6.75. The Morgan fingerprint density at radius 3 is 2.27 bits per heavy atom. The highest BCUT2D eigenvalue weighted by Crippen LogP contribution is 2.01. The Morgan fingerprint density at radius 2 is 1.91 bits per heavy atom. The van der Waals surface area contributed by atoms with Crippen molar-refractivity contribution >= 4 is 12.9 Å². The minimum absolute atomic E-state index is 0.477. The normalized spacial score (nSPS) is 15.3. The number of hydrogen-bond donors (Lipinski definition) is 0. The zero-order valence-electron chi connectivity index (χ0n) is 8.39. The Hall–Kier alpha value is -0.265. The molecule has 0 amide bonds. The third-order valence-corrected chi connectivity index (χ3v) is 1.59. The van der Waals surface area contributed by atoms with Gasteiger partial charge in [0.05, 0.1) is 0 Å². The zero-order valence-corrected chi connectivity index (χ0v) is 8.39. The monoisotopic (exact) mass is 152 g/mol. The van der Waals surface area contributed by atoms with Gasteiger partial charge in [0.15, 0.2) is 7.28 Å². The van der Waals surface area contributed by atoms with Crippen molar-refractivity contribution in [3.63, 3.8) is 0 Å². The summed E-state index contributed by atoms with van der Waals surface area (Å²) in [5, 5.41) is 0. The van der Waals surface area contributed by atoms with Crippen LogP contribution < -0.4 is 0 Å². The Kier molecular flexibility index (Phi) is 5.26. The first-order valence-electron chi connectivity index (χ1n) is 4.45. The van der Waals surface area contributed by atoms with Crippen LogP contribution in [0.4, 0.5) is 0 Å². The van der Waals surface area contributed by atoms with Gasteiger partial charge < -0.3 is 4.99 Å². The van der Waals surface area contributed by atoms with Crippen LogP contribution >= 0.6 is 0 Å². The van der Waals surface area contributed by atoms with Gasteiger partial charge in [-0.3, -0.25) is 0 Å². The molecular formula is C9H19BN. The van der Waals surface area contributed by atoms with Gasteiger partial charge in [0, 0.05) is 6.04 Å². The zero-order chi connectivity index (χ0) is 8.85. The van der Waals surface area contributed by atoms with Gasteiger partial charge >= 0.3 is 0 Å². The molecule has 1 unspecified atom stereocenters. The summed E-state index contributed by atoms with van der Waals surface area (Å²) in [6.07, 6.45) is 1.13. The molecule has 1 atom stereocenters. The molecule has 0 spiro atoms. The second-order valence-electron chi connectivity index (χ2n) is 3.44. The van der Waals surface area contributed by atoms with Gasteiger partial charge in [-0.05, 0) is 25.9 Å². The molecule has 0 aliphatic heterocycles. The molecule has 0 rings (SSSR count). The summed E-state index contributed by atoms with van der Waals surface area (Å²) >= 11 is 0. The highest BCUT2D eigenvalue weighted by Gasteiger charge is 2.01.